The minimum absolute atomic E-state index is 0.0394. The molecule has 0 spiro atoms. The van der Waals surface area contributed by atoms with Crippen molar-refractivity contribution in [1.82, 2.24) is 0 Å². The number of carbonyl (C=O) groups excluding carboxylic acids is 1. The van der Waals surface area contributed by atoms with E-state index in [0.29, 0.717) is 0 Å². The molecule has 1 aliphatic rings. The molecule has 1 amide bonds. The Labute approximate surface area is 62.8 Å². The van der Waals surface area contributed by atoms with Crippen LogP contribution in [0.2, 0.25) is 0 Å². The molecule has 0 aromatic carbocycles. The number of amides is 1. The summed E-state index contributed by atoms with van der Waals surface area (Å²) in [7, 11) is 0. The molecule has 58 valence electrons. The summed E-state index contributed by atoms with van der Waals surface area (Å²) in [5.74, 6) is -0.0394. The topological polar surface area (TPSA) is 73.9 Å². The maximum atomic E-state index is 10.2. The normalized spacial score (nSPS) is 14.7. The molecule has 11 heavy (non-hydrogen) atoms. The van der Waals surface area contributed by atoms with Crippen LogP contribution in [0.15, 0.2) is 29.5 Å². The minimum atomic E-state index is -0.929. The third-order valence-electron chi connectivity index (χ3n) is 0.816. The maximum absolute atomic E-state index is 10.2. The van der Waals surface area contributed by atoms with Gasteiger partial charge in [-0.15, -0.1) is 0 Å². The zero-order valence-corrected chi connectivity index (χ0v) is 5.56. The minimum Gasteiger partial charge on any atom is -0.433 e. The number of allylic oxidation sites excluding steroid dienone is 1. The van der Waals surface area contributed by atoms with Crippen LogP contribution in [0.25, 0.3) is 0 Å². The number of carbonyl (C=O) groups is 1. The van der Waals surface area contributed by atoms with E-state index in [1.807, 2.05) is 0 Å². The quantitative estimate of drug-likeness (QED) is 0.597. The first-order valence-corrected chi connectivity index (χ1v) is 2.81. The fourth-order valence-electron chi connectivity index (χ4n) is 0.475. The van der Waals surface area contributed by atoms with E-state index < -0.39 is 6.09 Å². The molecule has 1 rings (SSSR count). The lowest BCUT2D eigenvalue weighted by atomic mass is 10.7. The number of rotatable bonds is 1. The number of nitrogens with two attached hydrogens (primary N) is 1. The first-order chi connectivity index (χ1) is 5.29. The van der Waals surface area contributed by atoms with Gasteiger partial charge in [0.1, 0.15) is 6.20 Å². The Morgan fingerprint density at radius 1 is 1.73 bits per heavy atom. The van der Waals surface area contributed by atoms with E-state index in [-0.39, 0.29) is 5.95 Å². The summed E-state index contributed by atoms with van der Waals surface area (Å²) in [6, 6.07) is 0. The van der Waals surface area contributed by atoms with Crippen molar-refractivity contribution in [3.63, 3.8) is 0 Å². The molecule has 5 nitrogen and oxygen atoms in total. The van der Waals surface area contributed by atoms with Crippen LogP contribution in [-0.2, 0) is 9.47 Å². The third-order valence-corrected chi connectivity index (χ3v) is 0.816. The van der Waals surface area contributed by atoms with Crippen LogP contribution in [0.4, 0.5) is 4.79 Å². The van der Waals surface area contributed by atoms with Crippen LogP contribution in [0.1, 0.15) is 0 Å². The Morgan fingerprint density at radius 3 is 3.27 bits per heavy atom. The lowest BCUT2D eigenvalue weighted by Gasteiger charge is -2.00. The van der Waals surface area contributed by atoms with Crippen molar-refractivity contribution >= 4 is 12.3 Å². The highest BCUT2D eigenvalue weighted by molar-refractivity contribution is 5.71. The second kappa shape index (κ2) is 3.40. The summed E-state index contributed by atoms with van der Waals surface area (Å²) in [5.41, 5.74) is 4.72. The van der Waals surface area contributed by atoms with Gasteiger partial charge in [-0.2, -0.15) is 0 Å². The summed E-state index contributed by atoms with van der Waals surface area (Å²) in [4.78, 5) is 13.9. The van der Waals surface area contributed by atoms with Crippen molar-refractivity contribution in [2.45, 2.75) is 0 Å². The van der Waals surface area contributed by atoms with E-state index in [4.69, 9.17) is 10.5 Å². The highest BCUT2D eigenvalue weighted by atomic mass is 16.7. The average Bonchev–Trinajstić information content (AvgIpc) is 2.14. The molecule has 0 aromatic rings. The molecule has 2 N–H and O–H groups in total. The first kappa shape index (κ1) is 7.33. The highest BCUT2D eigenvalue weighted by Crippen LogP contribution is 2.02. The van der Waals surface area contributed by atoms with Gasteiger partial charge in [0.25, 0.3) is 0 Å². The Bertz CT molecular complexity index is 242. The first-order valence-electron chi connectivity index (χ1n) is 2.81. The van der Waals surface area contributed by atoms with Crippen LogP contribution in [0, 0.1) is 0 Å². The van der Waals surface area contributed by atoms with E-state index >= 15 is 0 Å². The SMILES string of the molecule is NC(=O)OC1=CN=CC=CO1. The van der Waals surface area contributed by atoms with Gasteiger partial charge in [-0.3, -0.25) is 4.99 Å². The highest BCUT2D eigenvalue weighted by Gasteiger charge is 2.02. The van der Waals surface area contributed by atoms with Crippen molar-refractivity contribution in [3.05, 3.63) is 24.5 Å². The number of aliphatic imine (C=N–C) groups is 1. The molecule has 0 fully saturated rings. The molecule has 0 bridgehead atoms. The summed E-state index contributed by atoms with van der Waals surface area (Å²) in [6.45, 7) is 0. The van der Waals surface area contributed by atoms with E-state index in [1.165, 1.54) is 18.7 Å². The number of primary amides is 1. The number of hydrogen-bond donors (Lipinski definition) is 1. The van der Waals surface area contributed by atoms with E-state index in [9.17, 15) is 4.79 Å². The predicted molar refractivity (Wildman–Crippen MR) is 37.5 cm³/mol. The average molecular weight is 154 g/mol. The lowest BCUT2D eigenvalue weighted by Crippen LogP contribution is -2.12. The van der Waals surface area contributed by atoms with Gasteiger partial charge < -0.3 is 15.2 Å². The summed E-state index contributed by atoms with van der Waals surface area (Å²) >= 11 is 0. The molecule has 0 aliphatic carbocycles. The van der Waals surface area contributed by atoms with Gasteiger partial charge in [0.05, 0.1) is 6.26 Å². The Morgan fingerprint density at radius 2 is 2.55 bits per heavy atom. The summed E-state index contributed by atoms with van der Waals surface area (Å²) in [5, 5.41) is 0. The van der Waals surface area contributed by atoms with Crippen molar-refractivity contribution < 1.29 is 14.3 Å². The monoisotopic (exact) mass is 154 g/mol. The van der Waals surface area contributed by atoms with Crippen molar-refractivity contribution in [3.8, 4) is 0 Å². The molecular weight excluding hydrogens is 148 g/mol. The Hall–Kier alpha value is -1.78. The number of nitrogens with zero attached hydrogens (tertiary/aromatic N) is 1. The van der Waals surface area contributed by atoms with Crippen LogP contribution in [0.5, 0.6) is 0 Å². The zero-order chi connectivity index (χ0) is 8.10. The fourth-order valence-corrected chi connectivity index (χ4v) is 0.475. The second-order valence-corrected chi connectivity index (χ2v) is 1.61. The molecule has 0 saturated heterocycles. The standard InChI is InChI=1S/C6H6N2O3/c7-6(9)11-5-4-8-2-1-3-10-5/h1-4H,(H2,7,9). The van der Waals surface area contributed by atoms with Crippen molar-refractivity contribution in [2.24, 2.45) is 10.7 Å². The smallest absolute Gasteiger partial charge is 0.412 e. The van der Waals surface area contributed by atoms with E-state index in [0.717, 1.165) is 0 Å². The van der Waals surface area contributed by atoms with Gasteiger partial charge in [0.15, 0.2) is 0 Å². The fraction of sp³-hybridized carbons (Fsp3) is 0. The third kappa shape index (κ3) is 2.53. The lowest BCUT2D eigenvalue weighted by molar-refractivity contribution is 0.118. The van der Waals surface area contributed by atoms with E-state index in [2.05, 4.69) is 9.73 Å². The van der Waals surface area contributed by atoms with Crippen LogP contribution < -0.4 is 5.73 Å². The van der Waals surface area contributed by atoms with Crippen LogP contribution >= 0.6 is 0 Å². The number of hydrogen-bond acceptors (Lipinski definition) is 4. The second-order valence-electron chi connectivity index (χ2n) is 1.61. The van der Waals surface area contributed by atoms with E-state index in [1.54, 1.807) is 6.08 Å². The molecule has 1 heterocycles. The summed E-state index contributed by atoms with van der Waals surface area (Å²) in [6.07, 6.45) is 4.67. The van der Waals surface area contributed by atoms with Crippen molar-refractivity contribution in [2.75, 3.05) is 0 Å². The molecule has 5 heteroatoms. The Balaban J connectivity index is 2.57. The van der Waals surface area contributed by atoms with Crippen LogP contribution in [0.3, 0.4) is 0 Å². The number of ether oxygens (including phenoxy) is 2. The molecular formula is C6H6N2O3. The van der Waals surface area contributed by atoms with Gasteiger partial charge in [0.2, 0.25) is 0 Å². The van der Waals surface area contributed by atoms with Gasteiger partial charge in [-0.05, 0) is 6.08 Å². The van der Waals surface area contributed by atoms with Gasteiger partial charge >= 0.3 is 12.0 Å². The van der Waals surface area contributed by atoms with Crippen LogP contribution in [-0.4, -0.2) is 12.3 Å². The van der Waals surface area contributed by atoms with Gasteiger partial charge in [-0.1, -0.05) is 0 Å². The molecule has 1 aliphatic heterocycles. The molecule has 0 aromatic heterocycles. The zero-order valence-electron chi connectivity index (χ0n) is 5.56. The molecule has 0 saturated carbocycles. The molecule has 0 radical (unpaired) electrons. The summed E-state index contributed by atoms with van der Waals surface area (Å²) < 4.78 is 9.13. The van der Waals surface area contributed by atoms with Crippen molar-refractivity contribution in [1.29, 1.82) is 0 Å². The Kier molecular flexibility index (Phi) is 2.27. The van der Waals surface area contributed by atoms with Gasteiger partial charge in [0, 0.05) is 6.21 Å². The largest absolute Gasteiger partial charge is 0.433 e. The molecule has 0 atom stereocenters. The molecule has 0 unspecified atom stereocenters. The maximum Gasteiger partial charge on any atom is 0.412 e. The predicted octanol–water partition coefficient (Wildman–Crippen LogP) is 0.495. The van der Waals surface area contributed by atoms with Gasteiger partial charge in [-0.25, -0.2) is 4.79 Å².